The van der Waals surface area contributed by atoms with Crippen LogP contribution in [0.3, 0.4) is 0 Å². The second-order valence-corrected chi connectivity index (χ2v) is 7.42. The number of aliphatic hydroxyl groups is 2. The Morgan fingerprint density at radius 3 is 2.86 bits per heavy atom. The van der Waals surface area contributed by atoms with E-state index >= 15 is 0 Å². The van der Waals surface area contributed by atoms with Crippen LogP contribution in [0.2, 0.25) is 0 Å². The third-order valence-corrected chi connectivity index (χ3v) is 5.12. The summed E-state index contributed by atoms with van der Waals surface area (Å²) in [5, 5.41) is 27.5. The average Bonchev–Trinajstić information content (AvgIpc) is 3.25. The fraction of sp³-hybridized carbons (Fsp3) is 0.571. The molecule has 0 saturated carbocycles. The normalized spacial score (nSPS) is 16.7. The third kappa shape index (κ3) is 7.01. The lowest BCUT2D eigenvalue weighted by Gasteiger charge is -2.31. The molecule has 8 nitrogen and oxygen atoms in total. The Morgan fingerprint density at radius 2 is 2.14 bits per heavy atom. The van der Waals surface area contributed by atoms with Gasteiger partial charge in [0.25, 0.3) is 0 Å². The number of nitrogens with zero attached hydrogens (tertiary/aromatic N) is 3. The average molecular weight is 405 g/mol. The van der Waals surface area contributed by atoms with E-state index in [1.54, 1.807) is 13.3 Å². The van der Waals surface area contributed by atoms with Gasteiger partial charge in [-0.2, -0.15) is 5.10 Å². The highest BCUT2D eigenvalue weighted by molar-refractivity contribution is 5.40. The molecule has 0 bridgehead atoms. The molecule has 1 atom stereocenters. The minimum absolute atomic E-state index is 0.206. The molecule has 1 saturated heterocycles. The molecule has 0 aliphatic carbocycles. The molecule has 3 N–H and O–H groups in total. The second-order valence-electron chi connectivity index (χ2n) is 7.42. The number of aromatic nitrogens is 2. The van der Waals surface area contributed by atoms with E-state index in [-0.39, 0.29) is 12.7 Å². The van der Waals surface area contributed by atoms with Crippen molar-refractivity contribution in [1.82, 2.24) is 20.0 Å². The van der Waals surface area contributed by atoms with E-state index in [9.17, 15) is 10.2 Å². The number of methoxy groups -OCH3 is 1. The number of β-amino-alcohol motifs (C(OH)–C–C–N with tert-alkyl or cyclic N) is 1. The highest BCUT2D eigenvalue weighted by Crippen LogP contribution is 2.24. The van der Waals surface area contributed by atoms with E-state index in [1.807, 2.05) is 35.1 Å². The first-order chi connectivity index (χ1) is 14.1. The Kier molecular flexibility index (Phi) is 8.30. The maximum atomic E-state index is 10.4. The first-order valence-electron chi connectivity index (χ1n) is 10.2. The molecule has 3 rings (SSSR count). The van der Waals surface area contributed by atoms with Crippen LogP contribution in [0.25, 0.3) is 0 Å². The van der Waals surface area contributed by atoms with Crippen LogP contribution in [0, 0.1) is 0 Å². The molecule has 1 aromatic carbocycles. The van der Waals surface area contributed by atoms with Gasteiger partial charge in [0.1, 0.15) is 24.2 Å². The summed E-state index contributed by atoms with van der Waals surface area (Å²) < 4.78 is 13.1. The lowest BCUT2D eigenvalue weighted by atomic mass is 10.1. The van der Waals surface area contributed by atoms with Crippen molar-refractivity contribution in [2.75, 3.05) is 39.9 Å². The van der Waals surface area contributed by atoms with Gasteiger partial charge >= 0.3 is 0 Å². The molecule has 0 amide bonds. The number of likely N-dealkylation sites (tertiary alicyclic amines) is 1. The van der Waals surface area contributed by atoms with Gasteiger partial charge in [0, 0.05) is 50.7 Å². The van der Waals surface area contributed by atoms with Gasteiger partial charge in [-0.15, -0.1) is 0 Å². The third-order valence-electron chi connectivity index (χ3n) is 5.12. The zero-order chi connectivity index (χ0) is 20.5. The minimum Gasteiger partial charge on any atom is -0.497 e. The van der Waals surface area contributed by atoms with Gasteiger partial charge in [-0.1, -0.05) is 0 Å². The van der Waals surface area contributed by atoms with Crippen LogP contribution in [0.4, 0.5) is 0 Å². The van der Waals surface area contributed by atoms with E-state index in [1.165, 1.54) is 0 Å². The summed E-state index contributed by atoms with van der Waals surface area (Å²) in [4.78, 5) is 2.17. The molecule has 160 valence electrons. The number of ether oxygens (including phenoxy) is 2. The molecule has 1 aromatic heterocycles. The summed E-state index contributed by atoms with van der Waals surface area (Å²) in [6, 6.07) is 7.61. The molecular formula is C21H32N4O4. The van der Waals surface area contributed by atoms with Crippen LogP contribution >= 0.6 is 0 Å². The molecule has 1 aliphatic heterocycles. The molecule has 2 aromatic rings. The molecule has 1 aliphatic rings. The molecular weight excluding hydrogens is 372 g/mol. The van der Waals surface area contributed by atoms with Crippen molar-refractivity contribution in [2.45, 2.75) is 38.1 Å². The van der Waals surface area contributed by atoms with Crippen molar-refractivity contribution in [3.63, 3.8) is 0 Å². The van der Waals surface area contributed by atoms with Crippen LogP contribution in [-0.4, -0.2) is 77.0 Å². The van der Waals surface area contributed by atoms with Crippen molar-refractivity contribution < 1.29 is 19.7 Å². The highest BCUT2D eigenvalue weighted by atomic mass is 16.5. The fourth-order valence-electron chi connectivity index (χ4n) is 3.45. The monoisotopic (exact) mass is 404 g/mol. The van der Waals surface area contributed by atoms with Crippen molar-refractivity contribution in [3.8, 4) is 11.5 Å². The van der Waals surface area contributed by atoms with Gasteiger partial charge in [-0.25, -0.2) is 0 Å². The quantitative estimate of drug-likeness (QED) is 0.479. The molecule has 1 fully saturated rings. The van der Waals surface area contributed by atoms with E-state index in [2.05, 4.69) is 15.3 Å². The topological polar surface area (TPSA) is 92.0 Å². The SMILES string of the molecule is COc1ccc(OC[C@@H](O)CN2CCC(O)CC2)c(CNCCn2cccn2)c1. The second kappa shape index (κ2) is 11.2. The van der Waals surface area contributed by atoms with E-state index in [4.69, 9.17) is 9.47 Å². The lowest BCUT2D eigenvalue weighted by Crippen LogP contribution is -2.41. The summed E-state index contributed by atoms with van der Waals surface area (Å²) in [7, 11) is 1.64. The standard InChI is InChI=1S/C21H32N4O4/c1-28-20-3-4-21(17(13-20)14-22-8-12-25-9-2-7-23-25)29-16-19(27)15-24-10-5-18(26)6-11-24/h2-4,7,9,13,18-19,22,26-27H,5-6,8,10-12,14-16H2,1H3/t19-/m0/s1. The van der Waals surface area contributed by atoms with Crippen molar-refractivity contribution in [3.05, 3.63) is 42.2 Å². The number of benzene rings is 1. The first-order valence-corrected chi connectivity index (χ1v) is 10.2. The largest absolute Gasteiger partial charge is 0.497 e. The Bertz CT molecular complexity index is 717. The molecule has 8 heteroatoms. The van der Waals surface area contributed by atoms with Crippen LogP contribution < -0.4 is 14.8 Å². The Balaban J connectivity index is 1.48. The molecule has 0 unspecified atom stereocenters. The summed E-state index contributed by atoms with van der Waals surface area (Å²) in [6.07, 6.45) is 4.45. The highest BCUT2D eigenvalue weighted by Gasteiger charge is 2.19. The van der Waals surface area contributed by atoms with Crippen molar-refractivity contribution in [2.24, 2.45) is 0 Å². The maximum Gasteiger partial charge on any atom is 0.124 e. The predicted molar refractivity (Wildman–Crippen MR) is 110 cm³/mol. The smallest absolute Gasteiger partial charge is 0.124 e. The summed E-state index contributed by atoms with van der Waals surface area (Å²) >= 11 is 0. The predicted octanol–water partition coefficient (Wildman–Crippen LogP) is 0.878. The first kappa shape index (κ1) is 21.6. The van der Waals surface area contributed by atoms with Gasteiger partial charge < -0.3 is 29.9 Å². The summed E-state index contributed by atoms with van der Waals surface area (Å²) in [5.74, 6) is 1.51. The van der Waals surface area contributed by atoms with Crippen LogP contribution in [0.15, 0.2) is 36.7 Å². The summed E-state index contributed by atoms with van der Waals surface area (Å²) in [6.45, 7) is 4.61. The van der Waals surface area contributed by atoms with Gasteiger partial charge in [0.15, 0.2) is 0 Å². The van der Waals surface area contributed by atoms with Crippen LogP contribution in [0.1, 0.15) is 18.4 Å². The number of aliphatic hydroxyl groups excluding tert-OH is 2. The zero-order valence-corrected chi connectivity index (χ0v) is 17.0. The Labute approximate surface area is 172 Å². The zero-order valence-electron chi connectivity index (χ0n) is 17.0. The number of nitrogens with one attached hydrogen (secondary N) is 1. The van der Waals surface area contributed by atoms with Crippen LogP contribution in [0.5, 0.6) is 11.5 Å². The van der Waals surface area contributed by atoms with Crippen LogP contribution in [-0.2, 0) is 13.1 Å². The molecule has 0 radical (unpaired) electrons. The number of hydrogen-bond acceptors (Lipinski definition) is 7. The van der Waals surface area contributed by atoms with Crippen molar-refractivity contribution >= 4 is 0 Å². The molecule has 0 spiro atoms. The van der Waals surface area contributed by atoms with E-state index in [0.717, 1.165) is 56.1 Å². The summed E-state index contributed by atoms with van der Waals surface area (Å²) in [5.41, 5.74) is 0.984. The number of piperidine rings is 1. The van der Waals surface area contributed by atoms with Gasteiger partial charge in [-0.05, 0) is 37.1 Å². The Morgan fingerprint density at radius 1 is 1.31 bits per heavy atom. The molecule has 2 heterocycles. The minimum atomic E-state index is -0.576. The van der Waals surface area contributed by atoms with Crippen molar-refractivity contribution in [1.29, 1.82) is 0 Å². The fourth-order valence-corrected chi connectivity index (χ4v) is 3.45. The molecule has 29 heavy (non-hydrogen) atoms. The van der Waals surface area contributed by atoms with E-state index in [0.29, 0.717) is 13.1 Å². The van der Waals surface area contributed by atoms with Gasteiger partial charge in [0.05, 0.1) is 19.8 Å². The Hall–Kier alpha value is -2.13. The van der Waals surface area contributed by atoms with E-state index < -0.39 is 6.10 Å². The van der Waals surface area contributed by atoms with Gasteiger partial charge in [-0.3, -0.25) is 4.68 Å². The lowest BCUT2D eigenvalue weighted by molar-refractivity contribution is 0.0336. The number of hydrogen-bond donors (Lipinski definition) is 3. The maximum absolute atomic E-state index is 10.4. The number of rotatable bonds is 11. The van der Waals surface area contributed by atoms with Gasteiger partial charge in [0.2, 0.25) is 0 Å².